The molecule has 1 saturated carbocycles. The summed E-state index contributed by atoms with van der Waals surface area (Å²) in [6.07, 6.45) is 7.11. The van der Waals surface area contributed by atoms with Crippen molar-refractivity contribution in [1.82, 2.24) is 29.9 Å². The second-order valence-electron chi connectivity index (χ2n) is 9.31. The maximum atomic E-state index is 13.1. The first-order chi connectivity index (χ1) is 14.7. The number of fused-ring (bicyclic) bond motifs is 1. The Labute approximate surface area is 178 Å². The molecule has 2 saturated heterocycles. The SMILES string of the molecule is Cn1cnnc1C1CCCN1C(=O)NC1CC[C@@H]2CN(Cc3ccccc3)C[C@@H]2C1. The predicted octanol–water partition coefficient (Wildman–Crippen LogP) is 2.96. The maximum Gasteiger partial charge on any atom is 0.318 e. The number of urea groups is 1. The Morgan fingerprint density at radius 2 is 1.97 bits per heavy atom. The van der Waals surface area contributed by atoms with E-state index >= 15 is 0 Å². The third-order valence-electron chi connectivity index (χ3n) is 7.26. The van der Waals surface area contributed by atoms with E-state index in [1.165, 1.54) is 18.5 Å². The molecule has 7 heteroatoms. The summed E-state index contributed by atoms with van der Waals surface area (Å²) in [5.74, 6) is 2.36. The number of nitrogens with one attached hydrogen (secondary N) is 1. The largest absolute Gasteiger partial charge is 0.335 e. The first-order valence-electron chi connectivity index (χ1n) is 11.3. The van der Waals surface area contributed by atoms with E-state index < -0.39 is 0 Å². The van der Waals surface area contributed by atoms with Crippen LogP contribution in [0.3, 0.4) is 0 Å². The molecule has 3 heterocycles. The molecule has 3 aliphatic rings. The van der Waals surface area contributed by atoms with Crippen LogP contribution in [0.5, 0.6) is 0 Å². The molecule has 7 nitrogen and oxygen atoms in total. The van der Waals surface area contributed by atoms with Crippen molar-refractivity contribution in [3.8, 4) is 0 Å². The lowest BCUT2D eigenvalue weighted by Crippen LogP contribution is -2.47. The zero-order valence-corrected chi connectivity index (χ0v) is 17.8. The van der Waals surface area contributed by atoms with Gasteiger partial charge >= 0.3 is 6.03 Å². The Morgan fingerprint density at radius 3 is 2.77 bits per heavy atom. The van der Waals surface area contributed by atoms with Crippen LogP contribution >= 0.6 is 0 Å². The zero-order valence-electron chi connectivity index (χ0n) is 17.8. The minimum absolute atomic E-state index is 0.0432. The second kappa shape index (κ2) is 8.38. The van der Waals surface area contributed by atoms with E-state index in [1.54, 1.807) is 6.33 Å². The van der Waals surface area contributed by atoms with Crippen molar-refractivity contribution in [3.05, 3.63) is 48.0 Å². The van der Waals surface area contributed by atoms with Gasteiger partial charge in [0.2, 0.25) is 0 Å². The Kier molecular flexibility index (Phi) is 5.46. The lowest BCUT2D eigenvalue weighted by Gasteiger charge is -2.33. The van der Waals surface area contributed by atoms with Crippen LogP contribution in [-0.4, -0.2) is 56.3 Å². The predicted molar refractivity (Wildman–Crippen MR) is 115 cm³/mol. The average molecular weight is 409 g/mol. The molecule has 1 aliphatic carbocycles. The number of hydrogen-bond donors (Lipinski definition) is 1. The molecule has 1 aromatic carbocycles. The molecule has 4 atom stereocenters. The maximum absolute atomic E-state index is 13.1. The van der Waals surface area contributed by atoms with Gasteiger partial charge in [-0.1, -0.05) is 30.3 Å². The van der Waals surface area contributed by atoms with E-state index in [2.05, 4.69) is 50.7 Å². The Morgan fingerprint density at radius 1 is 1.13 bits per heavy atom. The Balaban J connectivity index is 1.16. The lowest BCUT2D eigenvalue weighted by molar-refractivity contribution is 0.174. The van der Waals surface area contributed by atoms with Gasteiger partial charge in [0.25, 0.3) is 0 Å². The number of carbonyl (C=O) groups is 1. The van der Waals surface area contributed by atoms with Crippen LogP contribution in [0.25, 0.3) is 0 Å². The van der Waals surface area contributed by atoms with Crippen LogP contribution < -0.4 is 5.32 Å². The topological polar surface area (TPSA) is 66.3 Å². The molecule has 1 N–H and O–H groups in total. The number of aryl methyl sites for hydroxylation is 1. The van der Waals surface area contributed by atoms with Gasteiger partial charge in [-0.15, -0.1) is 10.2 Å². The van der Waals surface area contributed by atoms with Crippen LogP contribution in [-0.2, 0) is 13.6 Å². The molecular formula is C23H32N6O. The molecule has 5 rings (SSSR count). The van der Waals surface area contributed by atoms with Crippen LogP contribution in [0.4, 0.5) is 4.79 Å². The van der Waals surface area contributed by atoms with E-state index in [-0.39, 0.29) is 18.1 Å². The number of rotatable bonds is 4. The number of benzene rings is 1. The fourth-order valence-electron chi connectivity index (χ4n) is 5.76. The van der Waals surface area contributed by atoms with E-state index in [1.807, 2.05) is 16.5 Å². The summed E-state index contributed by atoms with van der Waals surface area (Å²) < 4.78 is 1.93. The standard InChI is InChI=1S/C23H32N6O/c1-27-16-24-26-22(27)21-8-5-11-29(21)23(30)25-20-10-9-18-14-28(15-19(18)12-20)13-17-6-3-2-4-7-17/h2-4,6-7,16,18-21H,5,8-15H2,1H3,(H,25,30)/t18-,19+,20?,21?/m1/s1. The second-order valence-corrected chi connectivity index (χ2v) is 9.31. The van der Waals surface area contributed by atoms with Crippen molar-refractivity contribution in [2.45, 2.75) is 50.7 Å². The van der Waals surface area contributed by atoms with Gasteiger partial charge in [0, 0.05) is 39.3 Å². The van der Waals surface area contributed by atoms with Crippen molar-refractivity contribution >= 4 is 6.03 Å². The molecule has 1 aromatic heterocycles. The van der Waals surface area contributed by atoms with Crippen LogP contribution in [0.2, 0.25) is 0 Å². The quantitative estimate of drug-likeness (QED) is 0.845. The highest BCUT2D eigenvalue weighted by atomic mass is 16.2. The van der Waals surface area contributed by atoms with Crippen molar-refractivity contribution in [2.24, 2.45) is 18.9 Å². The highest BCUT2D eigenvalue weighted by molar-refractivity contribution is 5.75. The third kappa shape index (κ3) is 3.95. The normalized spacial score (nSPS) is 29.2. The summed E-state index contributed by atoms with van der Waals surface area (Å²) in [5.41, 5.74) is 1.39. The van der Waals surface area contributed by atoms with Gasteiger partial charge in [-0.05, 0) is 49.5 Å². The minimum atomic E-state index is 0.0432. The van der Waals surface area contributed by atoms with Crippen LogP contribution in [0.1, 0.15) is 49.5 Å². The van der Waals surface area contributed by atoms with Crippen molar-refractivity contribution in [1.29, 1.82) is 0 Å². The van der Waals surface area contributed by atoms with E-state index in [0.29, 0.717) is 5.92 Å². The first kappa shape index (κ1) is 19.5. The third-order valence-corrected chi connectivity index (χ3v) is 7.26. The summed E-state index contributed by atoms with van der Waals surface area (Å²) in [5, 5.41) is 11.6. The fraction of sp³-hybridized carbons (Fsp3) is 0.609. The highest BCUT2D eigenvalue weighted by Gasteiger charge is 2.39. The lowest BCUT2D eigenvalue weighted by atomic mass is 9.79. The van der Waals surface area contributed by atoms with Gasteiger partial charge < -0.3 is 14.8 Å². The van der Waals surface area contributed by atoms with Gasteiger partial charge in [0.15, 0.2) is 5.82 Å². The van der Waals surface area contributed by atoms with E-state index in [4.69, 9.17) is 0 Å². The molecule has 2 amide bonds. The Hall–Kier alpha value is -2.41. The van der Waals surface area contributed by atoms with E-state index in [9.17, 15) is 4.79 Å². The number of amides is 2. The van der Waals surface area contributed by atoms with E-state index in [0.717, 1.165) is 57.1 Å². The molecule has 2 aliphatic heterocycles. The summed E-state index contributed by atoms with van der Waals surface area (Å²) in [6, 6.07) is 11.2. The summed E-state index contributed by atoms with van der Waals surface area (Å²) in [6.45, 7) is 4.18. The fourth-order valence-corrected chi connectivity index (χ4v) is 5.76. The molecule has 30 heavy (non-hydrogen) atoms. The number of hydrogen-bond acceptors (Lipinski definition) is 4. The number of likely N-dealkylation sites (tertiary alicyclic amines) is 2. The molecular weight excluding hydrogens is 376 g/mol. The average Bonchev–Trinajstić information content (AvgIpc) is 3.47. The summed E-state index contributed by atoms with van der Waals surface area (Å²) >= 11 is 0. The van der Waals surface area contributed by atoms with Gasteiger partial charge in [0.1, 0.15) is 6.33 Å². The number of carbonyl (C=O) groups excluding carboxylic acids is 1. The van der Waals surface area contributed by atoms with Crippen LogP contribution in [0.15, 0.2) is 36.7 Å². The summed E-state index contributed by atoms with van der Waals surface area (Å²) in [7, 11) is 1.95. The van der Waals surface area contributed by atoms with Crippen molar-refractivity contribution in [3.63, 3.8) is 0 Å². The molecule has 0 radical (unpaired) electrons. The molecule has 2 unspecified atom stereocenters. The summed E-state index contributed by atoms with van der Waals surface area (Å²) in [4.78, 5) is 17.6. The van der Waals surface area contributed by atoms with Crippen LogP contribution in [0, 0.1) is 11.8 Å². The molecule has 2 aromatic rings. The monoisotopic (exact) mass is 408 g/mol. The smallest absolute Gasteiger partial charge is 0.318 e. The number of aromatic nitrogens is 3. The zero-order chi connectivity index (χ0) is 20.5. The van der Waals surface area contributed by atoms with Gasteiger partial charge in [-0.25, -0.2) is 4.79 Å². The molecule has 0 spiro atoms. The highest BCUT2D eigenvalue weighted by Crippen LogP contribution is 2.37. The molecule has 160 valence electrons. The van der Waals surface area contributed by atoms with Crippen molar-refractivity contribution < 1.29 is 4.79 Å². The molecule has 3 fully saturated rings. The number of nitrogens with zero attached hydrogens (tertiary/aromatic N) is 5. The Bertz CT molecular complexity index is 868. The minimum Gasteiger partial charge on any atom is -0.335 e. The molecule has 0 bridgehead atoms. The van der Waals surface area contributed by atoms with Gasteiger partial charge in [0.05, 0.1) is 6.04 Å². The van der Waals surface area contributed by atoms with Gasteiger partial charge in [-0.3, -0.25) is 4.90 Å². The van der Waals surface area contributed by atoms with Gasteiger partial charge in [-0.2, -0.15) is 0 Å². The first-order valence-corrected chi connectivity index (χ1v) is 11.3. The van der Waals surface area contributed by atoms with Crippen molar-refractivity contribution in [2.75, 3.05) is 19.6 Å².